The average molecular weight is 324 g/mol. The maximum Gasteiger partial charge on any atom is 0.296 e. The first-order chi connectivity index (χ1) is 12.4. The Labute approximate surface area is 143 Å². The van der Waals surface area contributed by atoms with Crippen LogP contribution in [0.1, 0.15) is 5.56 Å². The summed E-state index contributed by atoms with van der Waals surface area (Å²) in [5, 5.41) is 0. The minimum Gasteiger partial charge on any atom is -0.264 e. The van der Waals surface area contributed by atoms with Gasteiger partial charge in [-0.05, 0) is 30.3 Å². The van der Waals surface area contributed by atoms with Crippen LogP contribution in [0.5, 0.6) is 0 Å². The first-order valence-corrected chi connectivity index (χ1v) is 8.31. The molecule has 1 aliphatic rings. The third-order valence-corrected chi connectivity index (χ3v) is 4.93. The van der Waals surface area contributed by atoms with Crippen molar-refractivity contribution in [3.8, 4) is 17.1 Å². The van der Waals surface area contributed by atoms with Crippen LogP contribution in [0.2, 0.25) is 0 Å². The highest BCUT2D eigenvalue weighted by molar-refractivity contribution is 5.83. The monoisotopic (exact) mass is 324 g/mol. The SMILES string of the molecule is c1ccc(-n2c3ncccc3n3c4[n+](cc23)Cc2cnccc2-4)cc1. The Morgan fingerprint density at radius 2 is 1.88 bits per heavy atom. The van der Waals surface area contributed by atoms with Crippen molar-refractivity contribution in [2.24, 2.45) is 0 Å². The maximum atomic E-state index is 4.67. The quantitative estimate of drug-likeness (QED) is 0.436. The number of imidazole rings is 2. The normalized spacial score (nSPS) is 12.6. The third kappa shape index (κ3) is 1.59. The first kappa shape index (κ1) is 12.9. The van der Waals surface area contributed by atoms with Crippen molar-refractivity contribution < 1.29 is 4.57 Å². The molecule has 0 aliphatic carbocycles. The molecule has 0 radical (unpaired) electrons. The summed E-state index contributed by atoms with van der Waals surface area (Å²) in [5.74, 6) is 1.19. The van der Waals surface area contributed by atoms with Crippen molar-refractivity contribution in [2.75, 3.05) is 0 Å². The predicted molar refractivity (Wildman–Crippen MR) is 94.6 cm³/mol. The van der Waals surface area contributed by atoms with Gasteiger partial charge >= 0.3 is 0 Å². The highest BCUT2D eigenvalue weighted by Crippen LogP contribution is 2.32. The zero-order valence-corrected chi connectivity index (χ0v) is 13.4. The molecule has 118 valence electrons. The van der Waals surface area contributed by atoms with Gasteiger partial charge in [-0.2, -0.15) is 4.40 Å². The summed E-state index contributed by atoms with van der Waals surface area (Å²) in [4.78, 5) is 8.94. The molecule has 0 N–H and O–H groups in total. The molecule has 0 unspecified atom stereocenters. The Morgan fingerprint density at radius 1 is 0.960 bits per heavy atom. The van der Waals surface area contributed by atoms with E-state index in [4.69, 9.17) is 0 Å². The summed E-state index contributed by atoms with van der Waals surface area (Å²) in [6.45, 7) is 0.858. The minimum atomic E-state index is 0.858. The minimum absolute atomic E-state index is 0.858. The lowest BCUT2D eigenvalue weighted by Crippen LogP contribution is -2.29. The molecule has 5 heteroatoms. The van der Waals surface area contributed by atoms with Crippen molar-refractivity contribution in [2.45, 2.75) is 6.54 Å². The lowest BCUT2D eigenvalue weighted by molar-refractivity contribution is -0.670. The number of nitrogens with zero attached hydrogens (tertiary/aromatic N) is 5. The van der Waals surface area contributed by atoms with Crippen molar-refractivity contribution in [1.29, 1.82) is 0 Å². The molecule has 1 aliphatic heterocycles. The number of hydrogen-bond acceptors (Lipinski definition) is 2. The van der Waals surface area contributed by atoms with Gasteiger partial charge in [-0.3, -0.25) is 9.55 Å². The van der Waals surface area contributed by atoms with Crippen LogP contribution >= 0.6 is 0 Å². The molecular formula is C20H14N5+. The Bertz CT molecular complexity index is 1260. The van der Waals surface area contributed by atoms with Crippen LogP contribution in [0.15, 0.2) is 73.3 Å². The molecule has 5 heterocycles. The Hall–Kier alpha value is -3.47. The average Bonchev–Trinajstić information content (AvgIpc) is 3.28. The van der Waals surface area contributed by atoms with Gasteiger partial charge in [-0.15, -0.1) is 0 Å². The lowest BCUT2D eigenvalue weighted by Gasteiger charge is -2.01. The molecular weight excluding hydrogens is 310 g/mol. The zero-order valence-electron chi connectivity index (χ0n) is 13.4. The van der Waals surface area contributed by atoms with Crippen LogP contribution in [-0.4, -0.2) is 18.9 Å². The van der Waals surface area contributed by atoms with Gasteiger partial charge < -0.3 is 0 Å². The second-order valence-electron chi connectivity index (χ2n) is 6.32. The van der Waals surface area contributed by atoms with E-state index in [1.54, 1.807) is 0 Å². The smallest absolute Gasteiger partial charge is 0.264 e. The van der Waals surface area contributed by atoms with E-state index < -0.39 is 0 Å². The summed E-state index contributed by atoms with van der Waals surface area (Å²) in [5.41, 5.74) is 6.82. The van der Waals surface area contributed by atoms with Gasteiger partial charge in [0.2, 0.25) is 0 Å². The van der Waals surface area contributed by atoms with Crippen LogP contribution in [0.4, 0.5) is 0 Å². The molecule has 0 spiro atoms. The molecule has 0 atom stereocenters. The number of benzene rings is 1. The van der Waals surface area contributed by atoms with Gasteiger partial charge in [-0.1, -0.05) is 18.2 Å². The predicted octanol–water partition coefficient (Wildman–Crippen LogP) is 2.99. The maximum absolute atomic E-state index is 4.67. The van der Waals surface area contributed by atoms with Crippen LogP contribution in [0.3, 0.4) is 0 Å². The molecule has 0 fully saturated rings. The van der Waals surface area contributed by atoms with E-state index in [0.717, 1.165) is 29.0 Å². The number of hydrogen-bond donors (Lipinski definition) is 0. The van der Waals surface area contributed by atoms with Crippen molar-refractivity contribution >= 4 is 16.8 Å². The summed E-state index contributed by atoms with van der Waals surface area (Å²) in [7, 11) is 0. The van der Waals surface area contributed by atoms with E-state index in [2.05, 4.69) is 66.1 Å². The van der Waals surface area contributed by atoms with E-state index in [1.807, 2.05) is 30.7 Å². The molecule has 1 aromatic carbocycles. The van der Waals surface area contributed by atoms with Crippen LogP contribution < -0.4 is 4.57 Å². The molecule has 4 aromatic heterocycles. The molecule has 6 rings (SSSR count). The van der Waals surface area contributed by atoms with Gasteiger partial charge in [0.1, 0.15) is 6.54 Å². The summed E-state index contributed by atoms with van der Waals surface area (Å²) in [6.07, 6.45) is 7.89. The molecule has 25 heavy (non-hydrogen) atoms. The van der Waals surface area contributed by atoms with Crippen molar-refractivity contribution in [3.63, 3.8) is 0 Å². The van der Waals surface area contributed by atoms with E-state index >= 15 is 0 Å². The Kier molecular flexibility index (Phi) is 2.34. The number of aromatic nitrogens is 5. The largest absolute Gasteiger partial charge is 0.296 e. The summed E-state index contributed by atoms with van der Waals surface area (Å²) < 4.78 is 6.83. The summed E-state index contributed by atoms with van der Waals surface area (Å²) in [6, 6.07) is 16.6. The zero-order chi connectivity index (χ0) is 16.4. The van der Waals surface area contributed by atoms with E-state index in [0.29, 0.717) is 0 Å². The second-order valence-corrected chi connectivity index (χ2v) is 6.32. The third-order valence-electron chi connectivity index (χ3n) is 4.93. The van der Waals surface area contributed by atoms with Gasteiger partial charge in [0.05, 0.1) is 11.3 Å². The molecule has 0 saturated carbocycles. The number of pyridine rings is 2. The number of para-hydroxylation sites is 1. The van der Waals surface area contributed by atoms with Gasteiger partial charge in [-0.25, -0.2) is 9.55 Å². The highest BCUT2D eigenvalue weighted by atomic mass is 15.2. The van der Waals surface area contributed by atoms with E-state index in [1.165, 1.54) is 17.0 Å². The van der Waals surface area contributed by atoms with Crippen molar-refractivity contribution in [3.05, 3.63) is 78.9 Å². The number of fused-ring (bicyclic) bond motifs is 7. The van der Waals surface area contributed by atoms with Crippen molar-refractivity contribution in [1.82, 2.24) is 18.9 Å². The van der Waals surface area contributed by atoms with E-state index in [9.17, 15) is 0 Å². The molecule has 0 saturated heterocycles. The molecule has 5 aromatic rings. The highest BCUT2D eigenvalue weighted by Gasteiger charge is 2.34. The van der Waals surface area contributed by atoms with Gasteiger partial charge in [0.25, 0.3) is 11.5 Å². The summed E-state index contributed by atoms with van der Waals surface area (Å²) >= 11 is 0. The standard InChI is InChI=1S/C20H14N5/c1-2-5-15(6-3-1)24-18-13-23-12-14-11-21-10-8-16(14)20(23)25(18)17-7-4-9-22-19(17)24/h1-11,13H,12H2/q+1. The van der Waals surface area contributed by atoms with Crippen LogP contribution in [-0.2, 0) is 6.54 Å². The molecule has 0 bridgehead atoms. The van der Waals surface area contributed by atoms with Gasteiger partial charge in [0.15, 0.2) is 17.4 Å². The fourth-order valence-electron chi connectivity index (χ4n) is 3.92. The lowest BCUT2D eigenvalue weighted by atomic mass is 10.2. The first-order valence-electron chi connectivity index (χ1n) is 8.31. The number of rotatable bonds is 1. The molecule has 5 nitrogen and oxygen atoms in total. The fourth-order valence-corrected chi connectivity index (χ4v) is 3.92. The van der Waals surface area contributed by atoms with Crippen LogP contribution in [0.25, 0.3) is 33.9 Å². The topological polar surface area (TPSA) is 39.0 Å². The second kappa shape index (κ2) is 4.54. The van der Waals surface area contributed by atoms with Gasteiger partial charge in [0, 0.05) is 24.2 Å². The Morgan fingerprint density at radius 3 is 2.80 bits per heavy atom. The van der Waals surface area contributed by atoms with Crippen LogP contribution in [0, 0.1) is 0 Å². The van der Waals surface area contributed by atoms with E-state index in [-0.39, 0.29) is 0 Å². The molecule has 0 amide bonds. The Balaban J connectivity index is 1.81. The fraction of sp³-hybridized carbons (Fsp3) is 0.0500.